The van der Waals surface area contributed by atoms with Gasteiger partial charge in [-0.3, -0.25) is 9.78 Å². The zero-order chi connectivity index (χ0) is 15.8. The molecule has 0 saturated carbocycles. The molecular weight excluding hydrogens is 313 g/mol. The lowest BCUT2D eigenvalue weighted by Gasteiger charge is -2.22. The van der Waals surface area contributed by atoms with Gasteiger partial charge in [0.15, 0.2) is 5.69 Å². The number of hydrogen-bond donors (Lipinski definition) is 1. The number of halogens is 3. The van der Waals surface area contributed by atoms with Crippen molar-refractivity contribution in [1.29, 1.82) is 0 Å². The Morgan fingerprint density at radius 2 is 2.10 bits per heavy atom. The average Bonchev–Trinajstić information content (AvgIpc) is 2.88. The second kappa shape index (κ2) is 5.26. The van der Waals surface area contributed by atoms with Gasteiger partial charge in [0.2, 0.25) is 10.0 Å². The van der Waals surface area contributed by atoms with Crippen molar-refractivity contribution in [3.8, 4) is 0 Å². The van der Waals surface area contributed by atoms with E-state index < -0.39 is 38.8 Å². The predicted molar refractivity (Wildman–Crippen MR) is 63.8 cm³/mol. The van der Waals surface area contributed by atoms with E-state index in [1.54, 1.807) is 0 Å². The summed E-state index contributed by atoms with van der Waals surface area (Å²) in [6, 6.07) is 0.493. The lowest BCUT2D eigenvalue weighted by Crippen LogP contribution is -2.41. The summed E-state index contributed by atoms with van der Waals surface area (Å²) in [6.45, 7) is -0.133. The molecule has 1 aromatic heterocycles. The fourth-order valence-electron chi connectivity index (χ4n) is 2.21. The van der Waals surface area contributed by atoms with Crippen LogP contribution in [0.15, 0.2) is 23.2 Å². The van der Waals surface area contributed by atoms with Crippen molar-refractivity contribution in [3.63, 3.8) is 0 Å². The van der Waals surface area contributed by atoms with Gasteiger partial charge >= 0.3 is 12.1 Å². The van der Waals surface area contributed by atoms with E-state index in [2.05, 4.69) is 4.98 Å². The smallest absolute Gasteiger partial charge is 0.434 e. The molecule has 1 aliphatic rings. The lowest BCUT2D eigenvalue weighted by atomic mass is 10.2. The van der Waals surface area contributed by atoms with Gasteiger partial charge in [-0.15, -0.1) is 0 Å². The van der Waals surface area contributed by atoms with Gasteiger partial charge < -0.3 is 5.11 Å². The highest BCUT2D eigenvalue weighted by molar-refractivity contribution is 7.89. The Morgan fingerprint density at radius 3 is 2.67 bits per heavy atom. The molecule has 0 bridgehead atoms. The van der Waals surface area contributed by atoms with Gasteiger partial charge in [-0.1, -0.05) is 0 Å². The molecular formula is C11H11F3N2O4S. The molecule has 0 aliphatic carbocycles. The quantitative estimate of drug-likeness (QED) is 0.906. The number of aliphatic carboxylic acids is 1. The van der Waals surface area contributed by atoms with E-state index in [4.69, 9.17) is 5.11 Å². The van der Waals surface area contributed by atoms with Crippen molar-refractivity contribution in [2.24, 2.45) is 0 Å². The lowest BCUT2D eigenvalue weighted by molar-refractivity contribution is -0.143. The predicted octanol–water partition coefficient (Wildman–Crippen LogP) is 1.34. The van der Waals surface area contributed by atoms with Crippen molar-refractivity contribution >= 4 is 16.0 Å². The Morgan fingerprint density at radius 1 is 1.43 bits per heavy atom. The van der Waals surface area contributed by atoms with Crippen molar-refractivity contribution < 1.29 is 31.5 Å². The molecule has 1 aliphatic heterocycles. The highest BCUT2D eigenvalue weighted by Gasteiger charge is 2.45. The van der Waals surface area contributed by atoms with Gasteiger partial charge in [-0.05, 0) is 25.0 Å². The maximum atomic E-state index is 12.9. The molecule has 0 aromatic carbocycles. The summed E-state index contributed by atoms with van der Waals surface area (Å²) in [7, 11) is -4.58. The Balaban J connectivity index is 2.53. The number of nitrogens with zero attached hydrogens (tertiary/aromatic N) is 2. The Bertz CT molecular complexity index is 660. The summed E-state index contributed by atoms with van der Waals surface area (Å²) in [5, 5.41) is 8.98. The van der Waals surface area contributed by atoms with E-state index in [9.17, 15) is 26.4 Å². The minimum absolute atomic E-state index is 0.0657. The molecule has 2 rings (SSSR count). The van der Waals surface area contributed by atoms with Crippen LogP contribution in [0.4, 0.5) is 13.2 Å². The normalized spacial score (nSPS) is 20.6. The van der Waals surface area contributed by atoms with Gasteiger partial charge in [0.1, 0.15) is 10.9 Å². The summed E-state index contributed by atoms with van der Waals surface area (Å²) in [6.07, 6.45) is -3.77. The molecule has 1 aromatic rings. The third kappa shape index (κ3) is 2.86. The van der Waals surface area contributed by atoms with Gasteiger partial charge in [-0.2, -0.15) is 17.5 Å². The van der Waals surface area contributed by atoms with Crippen LogP contribution in [0.5, 0.6) is 0 Å². The average molecular weight is 324 g/mol. The van der Waals surface area contributed by atoms with Crippen LogP contribution in [-0.4, -0.2) is 41.4 Å². The minimum Gasteiger partial charge on any atom is -0.480 e. The van der Waals surface area contributed by atoms with E-state index in [-0.39, 0.29) is 19.4 Å². The first kappa shape index (κ1) is 15.7. The topological polar surface area (TPSA) is 87.6 Å². The molecule has 116 valence electrons. The van der Waals surface area contributed by atoms with E-state index in [1.807, 2.05) is 0 Å². The molecule has 1 unspecified atom stereocenters. The molecule has 1 N–H and O–H groups in total. The Kier molecular flexibility index (Phi) is 3.93. The second-order valence-corrected chi connectivity index (χ2v) is 6.32. The highest BCUT2D eigenvalue weighted by atomic mass is 32.2. The molecule has 6 nitrogen and oxygen atoms in total. The molecule has 0 radical (unpaired) electrons. The first-order valence-electron chi connectivity index (χ1n) is 5.92. The Labute approximate surface area is 118 Å². The van der Waals surface area contributed by atoms with Crippen molar-refractivity contribution in [1.82, 2.24) is 9.29 Å². The number of sulfonamides is 1. The van der Waals surface area contributed by atoms with Crippen LogP contribution >= 0.6 is 0 Å². The van der Waals surface area contributed by atoms with Crippen LogP contribution in [-0.2, 0) is 21.0 Å². The standard InChI is InChI=1S/C11H11F3N2O4S/c12-11(13,14)9-8(4-1-5-15-9)21(19,20)16-6-2-3-7(16)10(17)18/h1,4-5,7H,2-3,6H2,(H,17,18). The zero-order valence-corrected chi connectivity index (χ0v) is 11.4. The summed E-state index contributed by atoms with van der Waals surface area (Å²) >= 11 is 0. The van der Waals surface area contributed by atoms with Crippen molar-refractivity contribution in [2.75, 3.05) is 6.54 Å². The fraction of sp³-hybridized carbons (Fsp3) is 0.455. The van der Waals surface area contributed by atoms with Crippen molar-refractivity contribution in [3.05, 3.63) is 24.0 Å². The SMILES string of the molecule is O=C(O)C1CCCN1S(=O)(=O)c1cccnc1C(F)(F)F. The number of carbonyl (C=O) groups is 1. The molecule has 1 atom stereocenters. The summed E-state index contributed by atoms with van der Waals surface area (Å²) in [4.78, 5) is 13.1. The van der Waals surface area contributed by atoms with E-state index >= 15 is 0 Å². The number of hydrogen-bond acceptors (Lipinski definition) is 4. The number of rotatable bonds is 3. The van der Waals surface area contributed by atoms with E-state index in [0.29, 0.717) is 4.31 Å². The van der Waals surface area contributed by atoms with Gasteiger partial charge in [0.05, 0.1) is 0 Å². The fourth-order valence-corrected chi connectivity index (χ4v) is 4.03. The number of carboxylic acid groups (broad SMARTS) is 1. The van der Waals surface area contributed by atoms with Gasteiger partial charge in [-0.25, -0.2) is 8.42 Å². The molecule has 1 fully saturated rings. The van der Waals surface area contributed by atoms with Crippen LogP contribution < -0.4 is 0 Å². The van der Waals surface area contributed by atoms with E-state index in [1.165, 1.54) is 0 Å². The first-order chi connectivity index (χ1) is 9.65. The van der Waals surface area contributed by atoms with Crippen molar-refractivity contribution in [2.45, 2.75) is 30.0 Å². The molecule has 1 saturated heterocycles. The molecule has 21 heavy (non-hydrogen) atoms. The molecule has 10 heteroatoms. The highest BCUT2D eigenvalue weighted by Crippen LogP contribution is 2.35. The van der Waals surface area contributed by atoms with Gasteiger partial charge in [0, 0.05) is 12.7 Å². The summed E-state index contributed by atoms with van der Waals surface area (Å²) < 4.78 is 63.8. The van der Waals surface area contributed by atoms with Crippen LogP contribution in [0.3, 0.4) is 0 Å². The van der Waals surface area contributed by atoms with Crippen LogP contribution in [0.25, 0.3) is 0 Å². The number of alkyl halides is 3. The molecule has 0 amide bonds. The molecule has 0 spiro atoms. The summed E-state index contributed by atoms with van der Waals surface area (Å²) in [5.74, 6) is -1.38. The van der Waals surface area contributed by atoms with Crippen LogP contribution in [0.2, 0.25) is 0 Å². The first-order valence-corrected chi connectivity index (χ1v) is 7.36. The number of aromatic nitrogens is 1. The maximum absolute atomic E-state index is 12.9. The number of pyridine rings is 1. The third-order valence-corrected chi connectivity index (χ3v) is 5.05. The number of carboxylic acids is 1. The van der Waals surface area contributed by atoms with Gasteiger partial charge in [0.25, 0.3) is 0 Å². The molecule has 2 heterocycles. The zero-order valence-electron chi connectivity index (χ0n) is 10.5. The largest absolute Gasteiger partial charge is 0.480 e. The monoisotopic (exact) mass is 324 g/mol. The van der Waals surface area contributed by atoms with Crippen LogP contribution in [0.1, 0.15) is 18.5 Å². The second-order valence-electron chi connectivity index (χ2n) is 4.46. The maximum Gasteiger partial charge on any atom is 0.434 e. The van der Waals surface area contributed by atoms with Crippen LogP contribution in [0, 0.1) is 0 Å². The summed E-state index contributed by atoms with van der Waals surface area (Å²) in [5.41, 5.74) is -1.54. The third-order valence-electron chi connectivity index (χ3n) is 3.11. The minimum atomic E-state index is -4.94. The Hall–Kier alpha value is -1.68. The van der Waals surface area contributed by atoms with E-state index in [0.717, 1.165) is 18.3 Å².